The van der Waals surface area contributed by atoms with Crippen LogP contribution in [0.5, 0.6) is 0 Å². The van der Waals surface area contributed by atoms with Crippen LogP contribution in [0.2, 0.25) is 0 Å². The number of benzene rings is 3. The largest absolute Gasteiger partial charge is 0.208 e. The van der Waals surface area contributed by atoms with E-state index < -0.39 is 0 Å². The molecule has 0 saturated heterocycles. The van der Waals surface area contributed by atoms with Gasteiger partial charge in [0.15, 0.2) is 17.5 Å². The van der Waals surface area contributed by atoms with E-state index in [0.717, 1.165) is 22.3 Å². The van der Waals surface area contributed by atoms with Crippen LogP contribution in [0.3, 0.4) is 0 Å². The maximum atomic E-state index is 4.79. The summed E-state index contributed by atoms with van der Waals surface area (Å²) < 4.78 is 0. The van der Waals surface area contributed by atoms with Crippen molar-refractivity contribution in [3.05, 3.63) is 89.5 Å². The molecule has 0 aliphatic carbocycles. The van der Waals surface area contributed by atoms with E-state index in [-0.39, 0.29) is 0 Å². The smallest absolute Gasteiger partial charge is 0.164 e. The monoisotopic (exact) mass is 351 g/mol. The van der Waals surface area contributed by atoms with Gasteiger partial charge in [-0.15, -0.1) is 0 Å². The third-order valence-corrected chi connectivity index (χ3v) is 4.64. The topological polar surface area (TPSA) is 38.7 Å². The molecule has 3 nitrogen and oxygen atoms in total. The number of hydrogen-bond acceptors (Lipinski definition) is 3. The van der Waals surface area contributed by atoms with Gasteiger partial charge in [0.25, 0.3) is 0 Å². The summed E-state index contributed by atoms with van der Waals surface area (Å²) in [5, 5.41) is 0. The summed E-state index contributed by atoms with van der Waals surface area (Å²) in [6, 6.07) is 24.8. The molecule has 1 heterocycles. The zero-order valence-corrected chi connectivity index (χ0v) is 15.8. The van der Waals surface area contributed by atoms with Crippen LogP contribution in [0.15, 0.2) is 72.8 Å². The summed E-state index contributed by atoms with van der Waals surface area (Å²) in [5.74, 6) is 2.09. The van der Waals surface area contributed by atoms with E-state index in [0.29, 0.717) is 17.5 Å². The molecule has 27 heavy (non-hydrogen) atoms. The molecule has 0 aliphatic heterocycles. The van der Waals surface area contributed by atoms with E-state index in [2.05, 4.69) is 81.4 Å². The van der Waals surface area contributed by atoms with Crippen LogP contribution in [-0.2, 0) is 0 Å². The number of hydrogen-bond donors (Lipinski definition) is 0. The molecule has 132 valence electrons. The van der Waals surface area contributed by atoms with Gasteiger partial charge in [-0.3, -0.25) is 0 Å². The minimum Gasteiger partial charge on any atom is -0.208 e. The Labute approximate surface area is 159 Å². The molecule has 4 aromatic rings. The van der Waals surface area contributed by atoms with Crippen molar-refractivity contribution in [3.8, 4) is 34.2 Å². The Balaban J connectivity index is 1.92. The van der Waals surface area contributed by atoms with Crippen molar-refractivity contribution in [1.82, 2.24) is 15.0 Å². The maximum Gasteiger partial charge on any atom is 0.164 e. The lowest BCUT2D eigenvalue weighted by Crippen LogP contribution is -2.01. The van der Waals surface area contributed by atoms with Crippen molar-refractivity contribution in [2.24, 2.45) is 0 Å². The number of rotatable bonds is 3. The summed E-state index contributed by atoms with van der Waals surface area (Å²) in [6.45, 7) is 6.23. The Morgan fingerprint density at radius 3 is 1.41 bits per heavy atom. The molecule has 0 fully saturated rings. The Morgan fingerprint density at radius 1 is 0.481 bits per heavy atom. The second kappa shape index (κ2) is 7.12. The van der Waals surface area contributed by atoms with Gasteiger partial charge in [-0.2, -0.15) is 0 Å². The third kappa shape index (κ3) is 3.63. The molecule has 0 bridgehead atoms. The summed E-state index contributed by atoms with van der Waals surface area (Å²) in [6.07, 6.45) is 0. The highest BCUT2D eigenvalue weighted by Gasteiger charge is 2.13. The highest BCUT2D eigenvalue weighted by Crippen LogP contribution is 2.26. The van der Waals surface area contributed by atoms with Crippen molar-refractivity contribution in [2.45, 2.75) is 20.8 Å². The first-order valence-electron chi connectivity index (χ1n) is 9.06. The highest BCUT2D eigenvalue weighted by molar-refractivity contribution is 5.68. The average molecular weight is 351 g/mol. The lowest BCUT2D eigenvalue weighted by molar-refractivity contribution is 1.07. The number of aromatic nitrogens is 3. The number of nitrogens with zero attached hydrogens (tertiary/aromatic N) is 3. The van der Waals surface area contributed by atoms with Gasteiger partial charge in [-0.05, 0) is 26.3 Å². The molecular weight excluding hydrogens is 330 g/mol. The predicted molar refractivity (Wildman–Crippen MR) is 110 cm³/mol. The molecule has 4 rings (SSSR count). The molecule has 3 aromatic carbocycles. The van der Waals surface area contributed by atoms with Crippen LogP contribution < -0.4 is 0 Å². The van der Waals surface area contributed by atoms with Gasteiger partial charge in [-0.1, -0.05) is 83.9 Å². The van der Waals surface area contributed by atoms with Crippen molar-refractivity contribution < 1.29 is 0 Å². The first-order chi connectivity index (χ1) is 13.1. The molecule has 0 saturated carbocycles. The fourth-order valence-corrected chi connectivity index (χ4v) is 2.98. The first-order valence-corrected chi connectivity index (χ1v) is 9.06. The maximum absolute atomic E-state index is 4.79. The zero-order chi connectivity index (χ0) is 18.8. The van der Waals surface area contributed by atoms with Crippen LogP contribution >= 0.6 is 0 Å². The fraction of sp³-hybridized carbons (Fsp3) is 0.125. The Kier molecular flexibility index (Phi) is 4.51. The van der Waals surface area contributed by atoms with Gasteiger partial charge < -0.3 is 0 Å². The van der Waals surface area contributed by atoms with Crippen molar-refractivity contribution >= 4 is 0 Å². The van der Waals surface area contributed by atoms with E-state index in [1.165, 1.54) is 11.1 Å². The van der Waals surface area contributed by atoms with E-state index in [1.807, 2.05) is 12.1 Å². The van der Waals surface area contributed by atoms with Crippen LogP contribution in [0, 0.1) is 20.8 Å². The van der Waals surface area contributed by atoms with Gasteiger partial charge >= 0.3 is 0 Å². The van der Waals surface area contributed by atoms with Crippen molar-refractivity contribution in [3.63, 3.8) is 0 Å². The lowest BCUT2D eigenvalue weighted by atomic mass is 10.1. The SMILES string of the molecule is Cc1ccc(-c2nc(-c3ccc(C)cc3)nc(-c3ccccc3C)n2)cc1. The van der Waals surface area contributed by atoms with E-state index in [1.54, 1.807) is 0 Å². The van der Waals surface area contributed by atoms with Gasteiger partial charge in [0.2, 0.25) is 0 Å². The highest BCUT2D eigenvalue weighted by atomic mass is 15.0. The van der Waals surface area contributed by atoms with E-state index in [9.17, 15) is 0 Å². The summed E-state index contributed by atoms with van der Waals surface area (Å²) >= 11 is 0. The van der Waals surface area contributed by atoms with Gasteiger partial charge in [0.1, 0.15) is 0 Å². The van der Waals surface area contributed by atoms with E-state index >= 15 is 0 Å². The van der Waals surface area contributed by atoms with Crippen LogP contribution in [0.4, 0.5) is 0 Å². The molecule has 1 aromatic heterocycles. The lowest BCUT2D eigenvalue weighted by Gasteiger charge is -2.10. The van der Waals surface area contributed by atoms with Gasteiger partial charge in [0.05, 0.1) is 0 Å². The summed E-state index contributed by atoms with van der Waals surface area (Å²) in [7, 11) is 0. The molecule has 3 heteroatoms. The summed E-state index contributed by atoms with van der Waals surface area (Å²) in [4.78, 5) is 14.3. The molecule has 0 atom stereocenters. The van der Waals surface area contributed by atoms with Crippen LogP contribution in [-0.4, -0.2) is 15.0 Å². The molecular formula is C24H21N3. The predicted octanol–water partition coefficient (Wildman–Crippen LogP) is 5.80. The van der Waals surface area contributed by atoms with Crippen LogP contribution in [0.25, 0.3) is 34.2 Å². The Bertz CT molecular complexity index is 1020. The fourth-order valence-electron chi connectivity index (χ4n) is 2.98. The number of aryl methyl sites for hydroxylation is 3. The minimum absolute atomic E-state index is 0.693. The van der Waals surface area contributed by atoms with E-state index in [4.69, 9.17) is 15.0 Å². The van der Waals surface area contributed by atoms with Gasteiger partial charge in [0, 0.05) is 16.7 Å². The van der Waals surface area contributed by atoms with Crippen molar-refractivity contribution in [2.75, 3.05) is 0 Å². The van der Waals surface area contributed by atoms with Gasteiger partial charge in [-0.25, -0.2) is 15.0 Å². The second-order valence-electron chi connectivity index (χ2n) is 6.85. The minimum atomic E-state index is 0.693. The van der Waals surface area contributed by atoms with Crippen molar-refractivity contribution in [1.29, 1.82) is 0 Å². The standard InChI is InChI=1S/C24H21N3/c1-16-8-12-19(13-9-16)22-25-23(20-14-10-17(2)11-15-20)27-24(26-22)21-7-5-4-6-18(21)3/h4-15H,1-3H3. The molecule has 0 aliphatic rings. The zero-order valence-electron chi connectivity index (χ0n) is 15.8. The first kappa shape index (κ1) is 17.1. The molecule has 0 unspecified atom stereocenters. The molecule has 0 spiro atoms. The average Bonchev–Trinajstić information content (AvgIpc) is 2.69. The quantitative estimate of drug-likeness (QED) is 0.468. The molecule has 0 radical (unpaired) electrons. The molecule has 0 N–H and O–H groups in total. The third-order valence-electron chi connectivity index (χ3n) is 4.64. The molecule has 0 amide bonds. The summed E-state index contributed by atoms with van der Waals surface area (Å²) in [5.41, 5.74) is 6.59. The normalized spacial score (nSPS) is 10.8. The van der Waals surface area contributed by atoms with Crippen LogP contribution in [0.1, 0.15) is 16.7 Å². The second-order valence-corrected chi connectivity index (χ2v) is 6.85. The Morgan fingerprint density at radius 2 is 0.926 bits per heavy atom. The Hall–Kier alpha value is -3.33.